The fourth-order valence-electron chi connectivity index (χ4n) is 5.56. The van der Waals surface area contributed by atoms with Gasteiger partial charge < -0.3 is 10.2 Å². The number of anilines is 1. The maximum Gasteiger partial charge on any atom is 0.327 e. The average molecular weight is 528 g/mol. The summed E-state index contributed by atoms with van der Waals surface area (Å²) in [7, 11) is 0. The Labute approximate surface area is 223 Å². The molecule has 2 fully saturated rings. The summed E-state index contributed by atoms with van der Waals surface area (Å²) in [5, 5.41) is 35.1. The van der Waals surface area contributed by atoms with Crippen LogP contribution in [-0.4, -0.2) is 44.6 Å². The van der Waals surface area contributed by atoms with Crippen LogP contribution in [0.3, 0.4) is 0 Å². The summed E-state index contributed by atoms with van der Waals surface area (Å²) in [5.41, 5.74) is -0.0560. The van der Waals surface area contributed by atoms with E-state index < -0.39 is 52.2 Å². The number of nitro groups is 1. The highest BCUT2D eigenvalue weighted by Gasteiger charge is 2.70. The van der Waals surface area contributed by atoms with Crippen molar-refractivity contribution in [3.63, 3.8) is 0 Å². The van der Waals surface area contributed by atoms with E-state index in [1.165, 1.54) is 25.1 Å². The molecule has 2 amide bonds. The molecule has 10 heteroatoms. The molecule has 0 saturated carbocycles. The molecule has 5 atom stereocenters. The van der Waals surface area contributed by atoms with Gasteiger partial charge >= 0.3 is 5.97 Å². The van der Waals surface area contributed by atoms with Crippen LogP contribution in [0.5, 0.6) is 0 Å². The number of non-ortho nitro benzene ring substituents is 1. The van der Waals surface area contributed by atoms with E-state index in [4.69, 9.17) is 0 Å². The number of hydrogen-bond acceptors (Lipinski definition) is 7. The summed E-state index contributed by atoms with van der Waals surface area (Å²) < 4.78 is 0. The minimum atomic E-state index is -2.15. The van der Waals surface area contributed by atoms with Gasteiger partial charge in [0.2, 0.25) is 11.8 Å². The second kappa shape index (κ2) is 9.90. The molecule has 198 valence electrons. The quantitative estimate of drug-likeness (QED) is 0.183. The van der Waals surface area contributed by atoms with E-state index in [9.17, 15) is 34.7 Å². The molecule has 10 nitrogen and oxygen atoms in total. The Bertz CT molecular complexity index is 1490. The summed E-state index contributed by atoms with van der Waals surface area (Å²) in [6.45, 7) is 1.26. The molecule has 2 aliphatic heterocycles. The van der Waals surface area contributed by atoms with Crippen molar-refractivity contribution in [1.29, 1.82) is 0 Å². The maximum absolute atomic E-state index is 13.7. The molecule has 39 heavy (non-hydrogen) atoms. The van der Waals surface area contributed by atoms with Crippen LogP contribution in [0.4, 0.5) is 11.4 Å². The number of nitrogens with one attached hydrogen (secondary N) is 1. The van der Waals surface area contributed by atoms with E-state index >= 15 is 0 Å². The van der Waals surface area contributed by atoms with Crippen LogP contribution in [0, 0.1) is 22.0 Å². The van der Waals surface area contributed by atoms with Gasteiger partial charge in [0, 0.05) is 18.2 Å². The van der Waals surface area contributed by atoms with Crippen LogP contribution in [0.25, 0.3) is 12.2 Å². The van der Waals surface area contributed by atoms with Crippen molar-refractivity contribution >= 4 is 41.3 Å². The van der Waals surface area contributed by atoms with Gasteiger partial charge in [0.15, 0.2) is 5.54 Å². The molecule has 0 aromatic heterocycles. The van der Waals surface area contributed by atoms with Crippen molar-refractivity contribution in [2.75, 3.05) is 4.90 Å². The van der Waals surface area contributed by atoms with Crippen molar-refractivity contribution in [2.45, 2.75) is 24.6 Å². The second-order valence-electron chi connectivity index (χ2n) is 9.68. The molecule has 2 saturated heterocycles. The van der Waals surface area contributed by atoms with E-state index in [2.05, 4.69) is 5.32 Å². The lowest BCUT2D eigenvalue weighted by molar-refractivity contribution is -0.384. The first kappa shape index (κ1) is 26.0. The number of aliphatic carboxylic acids is 1. The van der Waals surface area contributed by atoms with Crippen molar-refractivity contribution in [1.82, 2.24) is 5.32 Å². The molecule has 2 aliphatic rings. The number of nitrogens with zero attached hydrogens (tertiary/aromatic N) is 2. The molecule has 3 aromatic carbocycles. The number of benzene rings is 3. The molecule has 5 unspecified atom stereocenters. The molecule has 0 radical (unpaired) electrons. The number of imide groups is 1. The number of carboxylic acid groups (broad SMARTS) is 1. The van der Waals surface area contributed by atoms with E-state index in [1.54, 1.807) is 12.1 Å². The van der Waals surface area contributed by atoms with Crippen LogP contribution in [0.15, 0.2) is 78.9 Å². The Morgan fingerprint density at radius 3 is 2.23 bits per heavy atom. The zero-order valence-electron chi connectivity index (χ0n) is 20.8. The number of aliphatic hydroxyl groups excluding tert-OH is 1. The lowest BCUT2D eigenvalue weighted by Crippen LogP contribution is -2.62. The zero-order valence-corrected chi connectivity index (χ0v) is 20.8. The summed E-state index contributed by atoms with van der Waals surface area (Å²) in [6.07, 6.45) is 2.32. The predicted molar refractivity (Wildman–Crippen MR) is 142 cm³/mol. The van der Waals surface area contributed by atoms with Gasteiger partial charge in [0.05, 0.1) is 28.6 Å². The summed E-state index contributed by atoms with van der Waals surface area (Å²) >= 11 is 0. The monoisotopic (exact) mass is 527 g/mol. The van der Waals surface area contributed by atoms with Crippen molar-refractivity contribution in [3.8, 4) is 0 Å². The highest BCUT2D eigenvalue weighted by atomic mass is 16.6. The van der Waals surface area contributed by atoms with Gasteiger partial charge in [0.25, 0.3) is 5.69 Å². The first-order valence-electron chi connectivity index (χ1n) is 12.3. The molecule has 0 spiro atoms. The molecule has 3 aromatic rings. The molecular formula is C29H25N3O7. The molecular weight excluding hydrogens is 502 g/mol. The Hall–Kier alpha value is -4.67. The van der Waals surface area contributed by atoms with Gasteiger partial charge in [-0.25, -0.2) is 4.90 Å². The summed E-state index contributed by atoms with van der Waals surface area (Å²) in [6, 6.07) is 21.0. The SMILES string of the molecule is CC(O)C1(C(=O)O)NC(c2ccc(C=Cc3ccccc3)cc2)C2C(=O)N(c3cccc([N+](=O)[O-])c3)C(=O)C21. The second-order valence-corrected chi connectivity index (χ2v) is 9.68. The number of carbonyl (C=O) groups is 3. The number of amides is 2. The highest BCUT2D eigenvalue weighted by molar-refractivity contribution is 6.24. The average Bonchev–Trinajstić information content (AvgIpc) is 3.43. The number of fused-ring (bicyclic) bond motifs is 1. The number of carboxylic acids is 1. The van der Waals surface area contributed by atoms with Crippen LogP contribution in [0.1, 0.15) is 29.7 Å². The fourth-order valence-corrected chi connectivity index (χ4v) is 5.56. The lowest BCUT2D eigenvalue weighted by Gasteiger charge is -2.33. The Kier molecular flexibility index (Phi) is 6.59. The molecule has 0 bridgehead atoms. The van der Waals surface area contributed by atoms with Gasteiger partial charge in [-0.15, -0.1) is 0 Å². The number of hydrogen-bond donors (Lipinski definition) is 3. The van der Waals surface area contributed by atoms with Crippen LogP contribution < -0.4 is 10.2 Å². The van der Waals surface area contributed by atoms with Gasteiger partial charge in [-0.2, -0.15) is 0 Å². The minimum Gasteiger partial charge on any atom is -0.480 e. The number of rotatable bonds is 7. The van der Waals surface area contributed by atoms with Crippen molar-refractivity contribution in [3.05, 3.63) is 106 Å². The number of carbonyl (C=O) groups excluding carboxylic acids is 2. The maximum atomic E-state index is 13.7. The first-order valence-corrected chi connectivity index (χ1v) is 12.3. The standard InChI is InChI=1S/C29H25N3O7/c1-17(33)29(28(36)37)24-23(26(34)31(27(24)35)21-8-5-9-22(16-21)32(38)39)25(30-29)20-14-12-19(13-15-20)11-10-18-6-3-2-4-7-18/h2-17,23-25,30,33H,1H3,(H,36,37). The van der Waals surface area contributed by atoms with Crippen LogP contribution in [-0.2, 0) is 14.4 Å². The van der Waals surface area contributed by atoms with Crippen LogP contribution in [0.2, 0.25) is 0 Å². The topological polar surface area (TPSA) is 150 Å². The fraction of sp³-hybridized carbons (Fsp3) is 0.207. The molecule has 5 rings (SSSR count). The number of nitro benzene ring substituents is 1. The minimum absolute atomic E-state index is 0.0290. The normalized spacial score (nSPS) is 25.2. The van der Waals surface area contributed by atoms with Crippen LogP contribution >= 0.6 is 0 Å². The third kappa shape index (κ3) is 4.29. The van der Waals surface area contributed by atoms with Crippen molar-refractivity contribution < 1.29 is 29.5 Å². The Morgan fingerprint density at radius 2 is 1.64 bits per heavy atom. The van der Waals surface area contributed by atoms with Gasteiger partial charge in [0.1, 0.15) is 0 Å². The zero-order chi connectivity index (χ0) is 27.9. The van der Waals surface area contributed by atoms with Gasteiger partial charge in [-0.3, -0.25) is 29.8 Å². The predicted octanol–water partition coefficient (Wildman–Crippen LogP) is 3.42. The Morgan fingerprint density at radius 1 is 1.00 bits per heavy atom. The molecule has 3 N–H and O–H groups in total. The molecule has 2 heterocycles. The Balaban J connectivity index is 1.53. The molecule has 0 aliphatic carbocycles. The van der Waals surface area contributed by atoms with E-state index in [0.29, 0.717) is 5.56 Å². The third-order valence-corrected chi connectivity index (χ3v) is 7.47. The largest absolute Gasteiger partial charge is 0.480 e. The first-order chi connectivity index (χ1) is 18.6. The van der Waals surface area contributed by atoms with E-state index in [0.717, 1.165) is 22.1 Å². The van der Waals surface area contributed by atoms with Crippen molar-refractivity contribution in [2.24, 2.45) is 11.8 Å². The smallest absolute Gasteiger partial charge is 0.327 e. The van der Waals surface area contributed by atoms with Gasteiger partial charge in [-0.1, -0.05) is 72.8 Å². The summed E-state index contributed by atoms with van der Waals surface area (Å²) in [5.74, 6) is -5.61. The summed E-state index contributed by atoms with van der Waals surface area (Å²) in [4.78, 5) is 51.4. The number of aliphatic hydroxyl groups is 1. The van der Waals surface area contributed by atoms with E-state index in [-0.39, 0.29) is 11.4 Å². The van der Waals surface area contributed by atoms with Gasteiger partial charge in [-0.05, 0) is 29.7 Å². The lowest BCUT2D eigenvalue weighted by atomic mass is 9.76. The highest BCUT2D eigenvalue weighted by Crippen LogP contribution is 2.51. The van der Waals surface area contributed by atoms with E-state index in [1.807, 2.05) is 54.6 Å². The third-order valence-electron chi connectivity index (χ3n) is 7.47.